The van der Waals surface area contributed by atoms with Crippen LogP contribution in [0.3, 0.4) is 0 Å². The number of halogens is 1. The van der Waals surface area contributed by atoms with Gasteiger partial charge in [0, 0.05) is 5.69 Å². The molecule has 0 aliphatic rings. The smallest absolute Gasteiger partial charge is 0.138 e. The Balaban J connectivity index is 2.78. The van der Waals surface area contributed by atoms with Gasteiger partial charge in [0.2, 0.25) is 0 Å². The molecular weight excluding hydrogens is 149 g/mol. The summed E-state index contributed by atoms with van der Waals surface area (Å²) in [5.74, 6) is -0.255. The van der Waals surface area contributed by atoms with Crippen LogP contribution in [0.5, 0.6) is 0 Å². The predicted molar refractivity (Wildman–Crippen MR) is 42.6 cm³/mol. The van der Waals surface area contributed by atoms with Gasteiger partial charge in [-0.3, -0.25) is 0 Å². The van der Waals surface area contributed by atoms with Gasteiger partial charge in [-0.15, -0.1) is 0 Å². The molecule has 0 saturated heterocycles. The van der Waals surface area contributed by atoms with Crippen molar-refractivity contribution in [2.24, 2.45) is 0 Å². The van der Waals surface area contributed by atoms with Crippen LogP contribution >= 0.6 is 12.2 Å². The quantitative estimate of drug-likeness (QED) is 0.517. The monoisotopic (exact) mass is 154 g/mol. The van der Waals surface area contributed by atoms with Crippen LogP contribution in [0.25, 0.3) is 0 Å². The lowest BCUT2D eigenvalue weighted by molar-refractivity contribution is 0.628. The van der Waals surface area contributed by atoms with E-state index in [0.717, 1.165) is 5.69 Å². The van der Waals surface area contributed by atoms with Gasteiger partial charge in [-0.1, -0.05) is 12.2 Å². The standard InChI is InChI=1S/C7H5FNS/c8-6-1-3-7(4-2-6)9-5-10/h1-4H,(H,9,10). The Morgan fingerprint density at radius 2 is 1.90 bits per heavy atom. The summed E-state index contributed by atoms with van der Waals surface area (Å²) in [5, 5.41) is 2.63. The van der Waals surface area contributed by atoms with Crippen LogP contribution in [0.15, 0.2) is 24.3 Å². The summed E-state index contributed by atoms with van der Waals surface area (Å²) in [5.41, 5.74) is 3.06. The van der Waals surface area contributed by atoms with Crippen LogP contribution in [0.2, 0.25) is 0 Å². The van der Waals surface area contributed by atoms with Crippen LogP contribution in [0.1, 0.15) is 0 Å². The van der Waals surface area contributed by atoms with Crippen molar-refractivity contribution in [1.29, 1.82) is 0 Å². The molecule has 51 valence electrons. The highest BCUT2D eigenvalue weighted by molar-refractivity contribution is 7.79. The van der Waals surface area contributed by atoms with Crippen molar-refractivity contribution in [3.8, 4) is 0 Å². The van der Waals surface area contributed by atoms with Gasteiger partial charge in [-0.05, 0) is 24.3 Å². The average Bonchev–Trinajstić information content (AvgIpc) is 1.95. The second-order valence-electron chi connectivity index (χ2n) is 1.73. The Bertz CT molecular complexity index is 220. The largest absolute Gasteiger partial charge is 0.344 e. The molecule has 1 aromatic rings. The Kier molecular flexibility index (Phi) is 2.34. The maximum Gasteiger partial charge on any atom is 0.138 e. The van der Waals surface area contributed by atoms with E-state index >= 15 is 0 Å². The van der Waals surface area contributed by atoms with Crippen molar-refractivity contribution in [3.05, 3.63) is 30.1 Å². The van der Waals surface area contributed by atoms with Crippen LogP contribution < -0.4 is 5.32 Å². The SMILES string of the molecule is Fc1ccc(N[C]=S)cc1. The van der Waals surface area contributed by atoms with E-state index in [2.05, 4.69) is 23.0 Å². The summed E-state index contributed by atoms with van der Waals surface area (Å²) in [4.78, 5) is 0. The third-order valence-corrected chi connectivity index (χ3v) is 1.14. The Morgan fingerprint density at radius 1 is 1.30 bits per heavy atom. The van der Waals surface area contributed by atoms with Gasteiger partial charge in [-0.25, -0.2) is 4.39 Å². The van der Waals surface area contributed by atoms with Crippen LogP contribution in [0.4, 0.5) is 10.1 Å². The first-order chi connectivity index (χ1) is 4.83. The van der Waals surface area contributed by atoms with E-state index < -0.39 is 0 Å². The fourth-order valence-electron chi connectivity index (χ4n) is 0.592. The van der Waals surface area contributed by atoms with Crippen LogP contribution in [-0.2, 0) is 0 Å². The lowest BCUT2D eigenvalue weighted by atomic mass is 10.3. The fraction of sp³-hybridized carbons (Fsp3) is 0. The number of thiocarbonyl (C=S) groups is 1. The third kappa shape index (κ3) is 1.77. The molecule has 1 nitrogen and oxygen atoms in total. The molecule has 0 aliphatic heterocycles. The molecule has 10 heavy (non-hydrogen) atoms. The zero-order chi connectivity index (χ0) is 7.40. The van der Waals surface area contributed by atoms with Gasteiger partial charge in [-0.2, -0.15) is 0 Å². The summed E-state index contributed by atoms with van der Waals surface area (Å²) in [6.45, 7) is 0. The topological polar surface area (TPSA) is 12.0 Å². The number of hydrogen-bond donors (Lipinski definition) is 1. The third-order valence-electron chi connectivity index (χ3n) is 1.04. The summed E-state index contributed by atoms with van der Waals surface area (Å²) in [6, 6.07) is 5.90. The van der Waals surface area contributed by atoms with E-state index in [1.807, 2.05) is 0 Å². The number of hydrogen-bond acceptors (Lipinski definition) is 1. The van der Waals surface area contributed by atoms with E-state index in [-0.39, 0.29) is 5.82 Å². The second kappa shape index (κ2) is 3.27. The molecule has 1 radical (unpaired) electrons. The molecule has 0 atom stereocenters. The van der Waals surface area contributed by atoms with E-state index in [9.17, 15) is 4.39 Å². The molecule has 1 rings (SSSR count). The Labute approximate surface area is 63.9 Å². The van der Waals surface area contributed by atoms with Gasteiger partial charge < -0.3 is 5.32 Å². The highest BCUT2D eigenvalue weighted by atomic mass is 32.1. The first-order valence-corrected chi connectivity index (χ1v) is 3.12. The molecule has 0 bridgehead atoms. The molecule has 1 N–H and O–H groups in total. The van der Waals surface area contributed by atoms with E-state index in [1.165, 1.54) is 12.1 Å². The zero-order valence-electron chi connectivity index (χ0n) is 5.10. The predicted octanol–water partition coefficient (Wildman–Crippen LogP) is 2.07. The van der Waals surface area contributed by atoms with Crippen molar-refractivity contribution in [2.45, 2.75) is 0 Å². The number of nitrogens with one attached hydrogen (secondary N) is 1. The summed E-state index contributed by atoms with van der Waals surface area (Å²) in [7, 11) is 0. The number of benzene rings is 1. The van der Waals surface area contributed by atoms with Crippen molar-refractivity contribution < 1.29 is 4.39 Å². The maximum absolute atomic E-state index is 12.3. The Hall–Kier alpha value is -0.960. The molecule has 3 heteroatoms. The lowest BCUT2D eigenvalue weighted by Crippen LogP contribution is -1.90. The van der Waals surface area contributed by atoms with Crippen molar-refractivity contribution in [2.75, 3.05) is 5.32 Å². The van der Waals surface area contributed by atoms with Crippen molar-refractivity contribution in [1.82, 2.24) is 0 Å². The van der Waals surface area contributed by atoms with E-state index in [4.69, 9.17) is 0 Å². The molecule has 0 aromatic heterocycles. The second-order valence-corrected chi connectivity index (χ2v) is 1.94. The molecule has 0 saturated carbocycles. The fourth-order valence-corrected chi connectivity index (χ4v) is 0.710. The molecular formula is C7H5FNS. The number of anilines is 1. The Morgan fingerprint density at radius 3 is 2.40 bits per heavy atom. The first-order valence-electron chi connectivity index (χ1n) is 2.71. The molecule has 0 heterocycles. The molecule has 1 aromatic carbocycles. The first kappa shape index (κ1) is 7.15. The molecule has 0 unspecified atom stereocenters. The maximum atomic E-state index is 12.3. The highest BCUT2D eigenvalue weighted by Gasteiger charge is 1.88. The van der Waals surface area contributed by atoms with Crippen molar-refractivity contribution in [3.63, 3.8) is 0 Å². The molecule has 0 fully saturated rings. The van der Waals surface area contributed by atoms with Crippen molar-refractivity contribution >= 4 is 23.4 Å². The number of rotatable bonds is 2. The van der Waals surface area contributed by atoms with Gasteiger partial charge in [0.15, 0.2) is 0 Å². The summed E-state index contributed by atoms with van der Waals surface area (Å²) in [6.07, 6.45) is 0. The van der Waals surface area contributed by atoms with Gasteiger partial charge >= 0.3 is 0 Å². The minimum atomic E-state index is -0.255. The normalized spacial score (nSPS) is 8.90. The highest BCUT2D eigenvalue weighted by Crippen LogP contribution is 2.06. The summed E-state index contributed by atoms with van der Waals surface area (Å²) >= 11 is 4.41. The summed E-state index contributed by atoms with van der Waals surface area (Å²) < 4.78 is 12.3. The van der Waals surface area contributed by atoms with Gasteiger partial charge in [0.1, 0.15) is 11.3 Å². The van der Waals surface area contributed by atoms with Gasteiger partial charge in [0.25, 0.3) is 0 Å². The molecule has 0 spiro atoms. The van der Waals surface area contributed by atoms with E-state index in [1.54, 1.807) is 12.1 Å². The molecule has 0 amide bonds. The average molecular weight is 154 g/mol. The van der Waals surface area contributed by atoms with Crippen LogP contribution in [-0.4, -0.2) is 5.49 Å². The van der Waals surface area contributed by atoms with E-state index in [0.29, 0.717) is 0 Å². The minimum Gasteiger partial charge on any atom is -0.344 e. The van der Waals surface area contributed by atoms with Gasteiger partial charge in [0.05, 0.1) is 0 Å². The molecule has 0 aliphatic carbocycles. The minimum absolute atomic E-state index is 0.255. The van der Waals surface area contributed by atoms with Crippen LogP contribution in [0, 0.1) is 5.82 Å². The lowest BCUT2D eigenvalue weighted by Gasteiger charge is -1.95. The zero-order valence-corrected chi connectivity index (χ0v) is 5.91.